The summed E-state index contributed by atoms with van der Waals surface area (Å²) in [6, 6.07) is 8.50. The molecule has 0 atom stereocenters. The Hall–Kier alpha value is -0.853. The summed E-state index contributed by atoms with van der Waals surface area (Å²) in [6.45, 7) is 17.8. The van der Waals surface area contributed by atoms with Gasteiger partial charge in [0, 0.05) is 4.47 Å². The Kier molecular flexibility index (Phi) is 6.54. The van der Waals surface area contributed by atoms with Crippen LogP contribution in [-0.4, -0.2) is 42.6 Å². The van der Waals surface area contributed by atoms with Crippen molar-refractivity contribution in [3.05, 3.63) is 34.3 Å². The lowest BCUT2D eigenvalue weighted by Gasteiger charge is -2.43. The molecule has 2 heterocycles. The molecule has 1 aromatic rings. The minimum atomic E-state index is -1.92. The molecule has 6 heteroatoms. The lowest BCUT2D eigenvalue weighted by Crippen LogP contribution is -2.56. The average molecular weight is 511 g/mol. The molecule has 2 aliphatic rings. The molecule has 174 valence electrons. The molecule has 31 heavy (non-hydrogen) atoms. The van der Waals surface area contributed by atoms with Crippen LogP contribution in [0.4, 0.5) is 4.79 Å². The summed E-state index contributed by atoms with van der Waals surface area (Å²) in [5, 5.41) is 0.145. The van der Waals surface area contributed by atoms with E-state index in [1.807, 2.05) is 20.8 Å². The van der Waals surface area contributed by atoms with Crippen molar-refractivity contribution in [3.8, 4) is 0 Å². The van der Waals surface area contributed by atoms with E-state index in [4.69, 9.17) is 9.16 Å². The number of hydrogen-bond acceptors (Lipinski definition) is 3. The molecular weight excluding hydrogens is 470 g/mol. The summed E-state index contributed by atoms with van der Waals surface area (Å²) in [4.78, 5) is 15.7. The van der Waals surface area contributed by atoms with E-state index in [2.05, 4.69) is 79.0 Å². The van der Waals surface area contributed by atoms with Crippen LogP contribution in [0.1, 0.15) is 72.8 Å². The highest BCUT2D eigenvalue weighted by atomic mass is 79.9. The van der Waals surface area contributed by atoms with Gasteiger partial charge in [-0.3, -0.25) is 4.90 Å². The molecule has 0 aromatic heterocycles. The fourth-order valence-corrected chi connectivity index (χ4v) is 6.13. The third kappa shape index (κ3) is 5.06. The summed E-state index contributed by atoms with van der Waals surface area (Å²) < 4.78 is 13.7. The van der Waals surface area contributed by atoms with Crippen molar-refractivity contribution in [2.45, 2.75) is 108 Å². The molecule has 1 amide bonds. The van der Waals surface area contributed by atoms with Crippen LogP contribution in [0.25, 0.3) is 0 Å². The Bertz CT molecular complexity index is 800. The highest BCUT2D eigenvalue weighted by molar-refractivity contribution is 9.10. The highest BCUT2D eigenvalue weighted by Gasteiger charge is 2.63. The molecule has 1 aromatic carbocycles. The van der Waals surface area contributed by atoms with Gasteiger partial charge in [-0.1, -0.05) is 48.8 Å². The van der Waals surface area contributed by atoms with Crippen LogP contribution in [0.3, 0.4) is 0 Å². The van der Waals surface area contributed by atoms with Gasteiger partial charge in [0.2, 0.25) is 0 Å². The minimum absolute atomic E-state index is 0.145. The summed E-state index contributed by atoms with van der Waals surface area (Å²) >= 11 is 3.53. The molecule has 2 saturated heterocycles. The van der Waals surface area contributed by atoms with Gasteiger partial charge in [0.05, 0.1) is 17.7 Å². The minimum Gasteiger partial charge on any atom is -0.444 e. The standard InChI is InChI=1S/C25H40BrNO3Si/c1-22(2,3)30-21(28)27-24(17-19-9-11-20(26)12-10-19)13-15-25(27,16-14-24)18-29-31(7,8)23(4,5)6/h9-12H,13-18H2,1-8H3. The van der Waals surface area contributed by atoms with Crippen LogP contribution in [0.2, 0.25) is 18.1 Å². The lowest BCUT2D eigenvalue weighted by molar-refractivity contribution is -0.0128. The average Bonchev–Trinajstić information content (AvgIpc) is 3.10. The summed E-state index contributed by atoms with van der Waals surface area (Å²) in [7, 11) is -1.92. The van der Waals surface area contributed by atoms with Gasteiger partial charge in [-0.2, -0.15) is 0 Å². The van der Waals surface area contributed by atoms with E-state index in [9.17, 15) is 4.79 Å². The normalized spacial score (nSPS) is 26.4. The molecule has 2 fully saturated rings. The first-order valence-electron chi connectivity index (χ1n) is 11.5. The van der Waals surface area contributed by atoms with Crippen LogP contribution >= 0.6 is 15.9 Å². The Labute approximate surface area is 198 Å². The quantitative estimate of drug-likeness (QED) is 0.390. The monoisotopic (exact) mass is 509 g/mol. The highest BCUT2D eigenvalue weighted by Crippen LogP contribution is 2.56. The fraction of sp³-hybridized carbons (Fsp3) is 0.720. The summed E-state index contributed by atoms with van der Waals surface area (Å²) in [5.74, 6) is 0. The van der Waals surface area contributed by atoms with Gasteiger partial charge in [0.1, 0.15) is 5.60 Å². The van der Waals surface area contributed by atoms with Crippen molar-refractivity contribution in [3.63, 3.8) is 0 Å². The SMILES string of the molecule is CC(C)(C)OC(=O)N1C2(CO[Si](C)(C)C(C)(C)C)CCC1(Cc1ccc(Br)cc1)CC2. The number of amides is 1. The van der Waals surface area contributed by atoms with Crippen molar-refractivity contribution in [2.24, 2.45) is 0 Å². The molecule has 0 spiro atoms. The van der Waals surface area contributed by atoms with E-state index >= 15 is 0 Å². The van der Waals surface area contributed by atoms with Gasteiger partial charge in [-0.05, 0) is 88.7 Å². The zero-order chi connectivity index (χ0) is 23.3. The maximum atomic E-state index is 13.5. The Morgan fingerprint density at radius 1 is 1.00 bits per heavy atom. The predicted octanol–water partition coefficient (Wildman–Crippen LogP) is 7.32. The maximum absolute atomic E-state index is 13.5. The van der Waals surface area contributed by atoms with E-state index in [-0.39, 0.29) is 22.2 Å². The maximum Gasteiger partial charge on any atom is 0.411 e. The van der Waals surface area contributed by atoms with E-state index in [1.54, 1.807) is 0 Å². The Morgan fingerprint density at radius 3 is 2.00 bits per heavy atom. The zero-order valence-corrected chi connectivity index (χ0v) is 23.2. The second kappa shape index (κ2) is 8.18. The first kappa shape index (κ1) is 24.8. The van der Waals surface area contributed by atoms with E-state index in [0.29, 0.717) is 6.61 Å². The number of carbonyl (C=O) groups is 1. The van der Waals surface area contributed by atoms with Crippen LogP contribution in [0.5, 0.6) is 0 Å². The zero-order valence-electron chi connectivity index (χ0n) is 20.6. The number of benzene rings is 1. The van der Waals surface area contributed by atoms with Gasteiger partial charge in [-0.15, -0.1) is 0 Å². The topological polar surface area (TPSA) is 38.8 Å². The van der Waals surface area contributed by atoms with Crippen molar-refractivity contribution in [2.75, 3.05) is 6.61 Å². The molecule has 0 unspecified atom stereocenters. The molecule has 0 radical (unpaired) electrons. The summed E-state index contributed by atoms with van der Waals surface area (Å²) in [5.41, 5.74) is 0.305. The van der Waals surface area contributed by atoms with Crippen molar-refractivity contribution in [1.29, 1.82) is 0 Å². The number of rotatable bonds is 5. The van der Waals surface area contributed by atoms with Gasteiger partial charge in [0.15, 0.2) is 8.32 Å². The largest absolute Gasteiger partial charge is 0.444 e. The molecule has 4 nitrogen and oxygen atoms in total. The van der Waals surface area contributed by atoms with Crippen LogP contribution < -0.4 is 0 Å². The van der Waals surface area contributed by atoms with Crippen LogP contribution in [0, 0.1) is 0 Å². The fourth-order valence-electron chi connectivity index (χ4n) is 4.80. The molecule has 2 bridgehead atoms. The first-order chi connectivity index (χ1) is 14.1. The predicted molar refractivity (Wildman–Crippen MR) is 133 cm³/mol. The van der Waals surface area contributed by atoms with E-state index in [0.717, 1.165) is 36.6 Å². The van der Waals surface area contributed by atoms with Crippen molar-refractivity contribution in [1.82, 2.24) is 4.90 Å². The third-order valence-electron chi connectivity index (χ3n) is 7.59. The number of ether oxygens (including phenoxy) is 1. The van der Waals surface area contributed by atoms with E-state index < -0.39 is 13.9 Å². The third-order valence-corrected chi connectivity index (χ3v) is 12.6. The molecule has 2 aliphatic heterocycles. The van der Waals surface area contributed by atoms with Crippen LogP contribution in [0.15, 0.2) is 28.7 Å². The molecule has 3 rings (SSSR count). The van der Waals surface area contributed by atoms with Crippen molar-refractivity contribution >= 4 is 30.3 Å². The lowest BCUT2D eigenvalue weighted by atomic mass is 9.79. The van der Waals surface area contributed by atoms with E-state index in [1.165, 1.54) is 5.56 Å². The smallest absolute Gasteiger partial charge is 0.411 e. The van der Waals surface area contributed by atoms with Gasteiger partial charge < -0.3 is 9.16 Å². The molecule has 0 N–H and O–H groups in total. The second-order valence-electron chi connectivity index (χ2n) is 12.1. The molecular formula is C25H40BrNO3Si. The Morgan fingerprint density at radius 2 is 1.52 bits per heavy atom. The number of nitrogens with zero attached hydrogens (tertiary/aromatic N) is 1. The van der Waals surface area contributed by atoms with Crippen LogP contribution in [-0.2, 0) is 15.6 Å². The van der Waals surface area contributed by atoms with Gasteiger partial charge >= 0.3 is 6.09 Å². The first-order valence-corrected chi connectivity index (χ1v) is 15.2. The van der Waals surface area contributed by atoms with Gasteiger partial charge in [0.25, 0.3) is 0 Å². The van der Waals surface area contributed by atoms with Gasteiger partial charge in [-0.25, -0.2) is 4.79 Å². The van der Waals surface area contributed by atoms with Crippen molar-refractivity contribution < 1.29 is 14.0 Å². The number of fused-ring (bicyclic) bond motifs is 2. The molecule has 0 saturated carbocycles. The molecule has 0 aliphatic carbocycles. The number of carbonyl (C=O) groups excluding carboxylic acids is 1. The summed E-state index contributed by atoms with van der Waals surface area (Å²) in [6.07, 6.45) is 4.65. The number of halogens is 1. The second-order valence-corrected chi connectivity index (χ2v) is 17.8. The Balaban J connectivity index is 1.90. The number of hydrogen-bond donors (Lipinski definition) is 0.